The Labute approximate surface area is 181 Å². The van der Waals surface area contributed by atoms with Gasteiger partial charge < -0.3 is 10.2 Å². The van der Waals surface area contributed by atoms with Crippen LogP contribution in [0.15, 0.2) is 58.7 Å². The average Bonchev–Trinajstić information content (AvgIpc) is 2.76. The van der Waals surface area contributed by atoms with Crippen LogP contribution in [-0.4, -0.2) is 33.5 Å². The number of hydrogen-bond donors (Lipinski definition) is 4. The van der Waals surface area contributed by atoms with Gasteiger partial charge in [0.1, 0.15) is 11.5 Å². The summed E-state index contributed by atoms with van der Waals surface area (Å²) in [5.41, 5.74) is 7.96. The summed E-state index contributed by atoms with van der Waals surface area (Å²) in [6.07, 6.45) is 2.70. The first-order chi connectivity index (χ1) is 14.8. The van der Waals surface area contributed by atoms with Crippen LogP contribution in [0, 0.1) is 0 Å². The molecular formula is C23H28N4O4. The van der Waals surface area contributed by atoms with Gasteiger partial charge in [-0.1, -0.05) is 6.42 Å². The molecule has 0 saturated carbocycles. The number of carbonyl (C=O) groups excluding carboxylic acids is 2. The summed E-state index contributed by atoms with van der Waals surface area (Å²) in [4.78, 5) is 23.8. The third kappa shape index (κ3) is 8.69. The Bertz CT molecular complexity index is 858. The van der Waals surface area contributed by atoms with Crippen molar-refractivity contribution in [3.63, 3.8) is 0 Å². The smallest absolute Gasteiger partial charge is 0.240 e. The van der Waals surface area contributed by atoms with Gasteiger partial charge in [-0.25, -0.2) is 10.9 Å². The van der Waals surface area contributed by atoms with E-state index >= 15 is 0 Å². The number of aromatic hydroxyl groups is 2. The third-order valence-corrected chi connectivity index (χ3v) is 4.57. The number of amides is 2. The molecule has 0 unspecified atom stereocenters. The zero-order valence-electron chi connectivity index (χ0n) is 17.8. The number of benzene rings is 2. The van der Waals surface area contributed by atoms with E-state index in [2.05, 4.69) is 21.1 Å². The fourth-order valence-corrected chi connectivity index (χ4v) is 2.69. The minimum absolute atomic E-state index is 0.175. The molecule has 0 fully saturated rings. The van der Waals surface area contributed by atoms with E-state index in [0.717, 1.165) is 17.5 Å². The highest BCUT2D eigenvalue weighted by atomic mass is 16.3. The third-order valence-electron chi connectivity index (χ3n) is 4.57. The maximum absolute atomic E-state index is 11.9. The fraction of sp³-hybridized carbons (Fsp3) is 0.304. The maximum atomic E-state index is 11.9. The van der Waals surface area contributed by atoms with E-state index in [0.29, 0.717) is 37.1 Å². The lowest BCUT2D eigenvalue weighted by molar-refractivity contribution is -0.121. The van der Waals surface area contributed by atoms with E-state index in [1.807, 2.05) is 0 Å². The minimum Gasteiger partial charge on any atom is -0.508 e. The molecule has 4 N–H and O–H groups in total. The van der Waals surface area contributed by atoms with Gasteiger partial charge in [0.25, 0.3) is 0 Å². The van der Waals surface area contributed by atoms with E-state index < -0.39 is 0 Å². The van der Waals surface area contributed by atoms with Crippen molar-refractivity contribution in [1.29, 1.82) is 0 Å². The summed E-state index contributed by atoms with van der Waals surface area (Å²) >= 11 is 0. The lowest BCUT2D eigenvalue weighted by atomic mass is 10.1. The Morgan fingerprint density at radius 1 is 0.677 bits per heavy atom. The Hall–Kier alpha value is -3.68. The van der Waals surface area contributed by atoms with Crippen molar-refractivity contribution in [2.75, 3.05) is 0 Å². The van der Waals surface area contributed by atoms with Gasteiger partial charge in [0, 0.05) is 12.8 Å². The Kier molecular flexibility index (Phi) is 9.22. The molecule has 8 heteroatoms. The normalized spacial score (nSPS) is 11.8. The molecule has 2 aromatic rings. The number of unbranched alkanes of at least 4 members (excludes halogenated alkanes) is 2. The predicted octanol–water partition coefficient (Wildman–Crippen LogP) is 3.43. The predicted molar refractivity (Wildman–Crippen MR) is 120 cm³/mol. The van der Waals surface area contributed by atoms with E-state index in [1.54, 1.807) is 62.4 Å². The molecule has 0 spiro atoms. The highest BCUT2D eigenvalue weighted by Crippen LogP contribution is 2.11. The molecular weight excluding hydrogens is 396 g/mol. The van der Waals surface area contributed by atoms with Gasteiger partial charge in [0.05, 0.1) is 11.4 Å². The molecule has 0 aliphatic rings. The van der Waals surface area contributed by atoms with Crippen LogP contribution in [0.25, 0.3) is 0 Å². The molecule has 0 aliphatic carbocycles. The van der Waals surface area contributed by atoms with Gasteiger partial charge >= 0.3 is 0 Å². The molecule has 2 aromatic carbocycles. The van der Waals surface area contributed by atoms with Crippen molar-refractivity contribution in [3.8, 4) is 11.5 Å². The van der Waals surface area contributed by atoms with Crippen LogP contribution >= 0.6 is 0 Å². The summed E-state index contributed by atoms with van der Waals surface area (Å²) in [6, 6.07) is 13.1. The quantitative estimate of drug-likeness (QED) is 0.265. The van der Waals surface area contributed by atoms with Gasteiger partial charge in [-0.15, -0.1) is 0 Å². The van der Waals surface area contributed by atoms with E-state index in [1.165, 1.54) is 0 Å². The lowest BCUT2D eigenvalue weighted by Crippen LogP contribution is -2.19. The minimum atomic E-state index is -0.184. The number of rotatable bonds is 10. The molecule has 0 aromatic heterocycles. The fourth-order valence-electron chi connectivity index (χ4n) is 2.69. The summed E-state index contributed by atoms with van der Waals surface area (Å²) in [5, 5.41) is 26.7. The van der Waals surface area contributed by atoms with Crippen LogP contribution in [0.2, 0.25) is 0 Å². The number of phenolic OH excluding ortho intramolecular Hbond substituents is 2. The topological polar surface area (TPSA) is 123 Å². The van der Waals surface area contributed by atoms with Crippen LogP contribution in [-0.2, 0) is 9.59 Å². The van der Waals surface area contributed by atoms with Crippen molar-refractivity contribution in [3.05, 3.63) is 59.7 Å². The maximum Gasteiger partial charge on any atom is 0.240 e. The van der Waals surface area contributed by atoms with Crippen LogP contribution in [0.5, 0.6) is 11.5 Å². The van der Waals surface area contributed by atoms with E-state index in [-0.39, 0.29) is 23.3 Å². The van der Waals surface area contributed by atoms with Crippen molar-refractivity contribution in [1.82, 2.24) is 10.9 Å². The van der Waals surface area contributed by atoms with Crippen LogP contribution in [0.1, 0.15) is 57.1 Å². The number of phenols is 2. The first kappa shape index (κ1) is 23.6. The second-order valence-corrected chi connectivity index (χ2v) is 7.12. The zero-order valence-corrected chi connectivity index (χ0v) is 17.8. The number of nitrogens with zero attached hydrogens (tertiary/aromatic N) is 2. The van der Waals surface area contributed by atoms with Gasteiger partial charge in [-0.3, -0.25) is 9.59 Å². The summed E-state index contributed by atoms with van der Waals surface area (Å²) in [6.45, 7) is 3.55. The summed E-state index contributed by atoms with van der Waals surface area (Å²) < 4.78 is 0. The lowest BCUT2D eigenvalue weighted by Gasteiger charge is -2.04. The van der Waals surface area contributed by atoms with Crippen LogP contribution < -0.4 is 10.9 Å². The SMILES string of the molecule is CC(=NNC(=O)CCCCCC(=O)NN=C(C)c1ccc(O)cc1)c1ccc(O)cc1. The summed E-state index contributed by atoms with van der Waals surface area (Å²) in [7, 11) is 0. The van der Waals surface area contributed by atoms with Crippen molar-refractivity contribution < 1.29 is 19.8 Å². The standard InChI is InChI=1S/C23H28N4O4/c1-16(18-8-12-20(28)13-9-18)24-26-22(30)6-4-3-5-7-23(31)27-25-17(2)19-10-14-21(29)15-11-19/h8-15,28-29H,3-7H2,1-2H3,(H,26,30)(H,27,31). The number of carbonyl (C=O) groups is 2. The van der Waals surface area contributed by atoms with Gasteiger partial charge in [-0.05, 0) is 86.3 Å². The molecule has 8 nitrogen and oxygen atoms in total. The Balaban J connectivity index is 1.61. The number of nitrogens with one attached hydrogen (secondary N) is 2. The molecule has 2 rings (SSSR count). The van der Waals surface area contributed by atoms with Gasteiger partial charge in [0.2, 0.25) is 11.8 Å². The largest absolute Gasteiger partial charge is 0.508 e. The Morgan fingerprint density at radius 2 is 1.03 bits per heavy atom. The van der Waals surface area contributed by atoms with Gasteiger partial charge in [0.15, 0.2) is 0 Å². The summed E-state index contributed by atoms with van der Waals surface area (Å²) in [5.74, 6) is -0.0181. The second kappa shape index (κ2) is 12.1. The monoisotopic (exact) mass is 424 g/mol. The van der Waals surface area contributed by atoms with Crippen molar-refractivity contribution >= 4 is 23.2 Å². The Morgan fingerprint density at radius 3 is 1.39 bits per heavy atom. The molecule has 0 radical (unpaired) electrons. The first-order valence-electron chi connectivity index (χ1n) is 10.1. The van der Waals surface area contributed by atoms with E-state index in [4.69, 9.17) is 0 Å². The molecule has 0 saturated heterocycles. The number of hydrazone groups is 2. The molecule has 0 atom stereocenters. The molecule has 31 heavy (non-hydrogen) atoms. The molecule has 2 amide bonds. The van der Waals surface area contributed by atoms with Crippen LogP contribution in [0.3, 0.4) is 0 Å². The van der Waals surface area contributed by atoms with Gasteiger partial charge in [-0.2, -0.15) is 10.2 Å². The molecule has 0 bridgehead atoms. The van der Waals surface area contributed by atoms with Crippen LogP contribution in [0.4, 0.5) is 0 Å². The van der Waals surface area contributed by atoms with Crippen molar-refractivity contribution in [2.24, 2.45) is 10.2 Å². The highest BCUT2D eigenvalue weighted by molar-refractivity contribution is 5.99. The van der Waals surface area contributed by atoms with E-state index in [9.17, 15) is 19.8 Å². The first-order valence-corrected chi connectivity index (χ1v) is 10.1. The molecule has 0 heterocycles. The molecule has 164 valence electrons. The van der Waals surface area contributed by atoms with Crippen molar-refractivity contribution in [2.45, 2.75) is 46.0 Å². The highest BCUT2D eigenvalue weighted by Gasteiger charge is 2.04. The number of hydrogen-bond acceptors (Lipinski definition) is 6. The molecule has 0 aliphatic heterocycles. The zero-order chi connectivity index (χ0) is 22.6. The average molecular weight is 425 g/mol. The second-order valence-electron chi connectivity index (χ2n) is 7.12.